The van der Waals surface area contributed by atoms with E-state index in [2.05, 4.69) is 15.4 Å². The van der Waals surface area contributed by atoms with Gasteiger partial charge in [0.05, 0.1) is 5.69 Å². The quantitative estimate of drug-likeness (QED) is 0.874. The lowest BCUT2D eigenvalue weighted by molar-refractivity contribution is -0.117. The van der Waals surface area contributed by atoms with Crippen LogP contribution < -0.4 is 15.4 Å². The van der Waals surface area contributed by atoms with Gasteiger partial charge in [-0.1, -0.05) is 12.1 Å². The molecule has 0 radical (unpaired) electrons. The Hall–Kier alpha value is -1.69. The van der Waals surface area contributed by atoms with Crippen molar-refractivity contribution in [2.45, 2.75) is 25.9 Å². The summed E-state index contributed by atoms with van der Waals surface area (Å²) in [5.74, 6) is 0.169. The fourth-order valence-corrected chi connectivity index (χ4v) is 2.32. The molecule has 1 aromatic carbocycles. The van der Waals surface area contributed by atoms with E-state index < -0.39 is 6.61 Å². The number of anilines is 1. The maximum Gasteiger partial charge on any atom is 0.387 e. The van der Waals surface area contributed by atoms with Gasteiger partial charge >= 0.3 is 6.61 Å². The van der Waals surface area contributed by atoms with E-state index in [1.54, 1.807) is 18.2 Å². The van der Waals surface area contributed by atoms with E-state index in [9.17, 15) is 13.6 Å². The number of benzene rings is 1. The monoisotopic (exact) mass is 284 g/mol. The highest BCUT2D eigenvalue weighted by molar-refractivity contribution is 5.92. The third kappa shape index (κ3) is 4.45. The number of hydrogen-bond acceptors (Lipinski definition) is 3. The number of alkyl halides is 2. The van der Waals surface area contributed by atoms with E-state index in [-0.39, 0.29) is 17.3 Å². The van der Waals surface area contributed by atoms with Crippen LogP contribution in [0.3, 0.4) is 0 Å². The summed E-state index contributed by atoms with van der Waals surface area (Å²) in [5, 5.41) is 5.88. The second-order valence-corrected chi connectivity index (χ2v) is 4.82. The van der Waals surface area contributed by atoms with Crippen molar-refractivity contribution in [3.05, 3.63) is 24.3 Å². The number of nitrogens with one attached hydrogen (secondary N) is 2. The zero-order chi connectivity index (χ0) is 14.4. The van der Waals surface area contributed by atoms with Crippen LogP contribution in [0.25, 0.3) is 0 Å². The van der Waals surface area contributed by atoms with Crippen LogP contribution in [0.5, 0.6) is 5.75 Å². The van der Waals surface area contributed by atoms with Gasteiger partial charge in [0.15, 0.2) is 0 Å². The van der Waals surface area contributed by atoms with Crippen LogP contribution in [-0.4, -0.2) is 25.6 Å². The second-order valence-electron chi connectivity index (χ2n) is 4.82. The fraction of sp³-hybridized carbons (Fsp3) is 0.500. The zero-order valence-electron chi connectivity index (χ0n) is 11.1. The number of rotatable bonds is 5. The minimum atomic E-state index is -2.91. The molecule has 0 saturated carbocycles. The Labute approximate surface area is 116 Å². The number of halogens is 2. The Balaban J connectivity index is 1.93. The van der Waals surface area contributed by atoms with Crippen LogP contribution in [0.2, 0.25) is 0 Å². The van der Waals surface area contributed by atoms with Crippen LogP contribution in [0, 0.1) is 5.92 Å². The highest BCUT2D eigenvalue weighted by Gasteiger charge is 2.18. The van der Waals surface area contributed by atoms with Crippen molar-refractivity contribution in [2.24, 2.45) is 5.92 Å². The van der Waals surface area contributed by atoms with Gasteiger partial charge in [-0.15, -0.1) is 0 Å². The number of ether oxygens (including phenoxy) is 1. The van der Waals surface area contributed by atoms with Crippen LogP contribution in [0.4, 0.5) is 14.5 Å². The molecule has 0 unspecified atom stereocenters. The SMILES string of the molecule is O=C(CC1CCNCC1)Nc1ccccc1OC(F)F. The zero-order valence-corrected chi connectivity index (χ0v) is 11.1. The third-order valence-electron chi connectivity index (χ3n) is 3.31. The highest BCUT2D eigenvalue weighted by Crippen LogP contribution is 2.26. The Bertz CT molecular complexity index is 449. The predicted octanol–water partition coefficient (Wildman–Crippen LogP) is 2.62. The molecule has 1 heterocycles. The number of carbonyl (C=O) groups is 1. The van der Waals surface area contributed by atoms with E-state index >= 15 is 0 Å². The first-order valence-electron chi connectivity index (χ1n) is 6.69. The molecule has 2 N–H and O–H groups in total. The van der Waals surface area contributed by atoms with E-state index in [0.29, 0.717) is 12.3 Å². The predicted molar refractivity (Wildman–Crippen MR) is 71.9 cm³/mol. The lowest BCUT2D eigenvalue weighted by Crippen LogP contribution is -2.30. The molecule has 2 rings (SSSR count). The smallest absolute Gasteiger partial charge is 0.387 e. The van der Waals surface area contributed by atoms with E-state index in [4.69, 9.17) is 0 Å². The molecular formula is C14H18F2N2O2. The normalized spacial score (nSPS) is 16.1. The van der Waals surface area contributed by atoms with Crippen LogP contribution >= 0.6 is 0 Å². The molecule has 20 heavy (non-hydrogen) atoms. The Morgan fingerprint density at radius 3 is 2.75 bits per heavy atom. The molecule has 1 saturated heterocycles. The summed E-state index contributed by atoms with van der Waals surface area (Å²) in [6, 6.07) is 6.21. The van der Waals surface area contributed by atoms with Gasteiger partial charge in [0.1, 0.15) is 5.75 Å². The summed E-state index contributed by atoms with van der Waals surface area (Å²) in [5.41, 5.74) is 0.284. The molecule has 1 fully saturated rings. The molecule has 110 valence electrons. The number of para-hydroxylation sites is 2. The maximum absolute atomic E-state index is 12.3. The van der Waals surface area contributed by atoms with Crippen molar-refractivity contribution in [1.29, 1.82) is 0 Å². The Morgan fingerprint density at radius 2 is 2.05 bits per heavy atom. The summed E-state index contributed by atoms with van der Waals surface area (Å²) < 4.78 is 28.9. The topological polar surface area (TPSA) is 50.4 Å². The average molecular weight is 284 g/mol. The van der Waals surface area contributed by atoms with Gasteiger partial charge in [-0.05, 0) is 44.0 Å². The largest absolute Gasteiger partial charge is 0.433 e. The molecule has 1 aromatic rings. The molecule has 0 spiro atoms. The third-order valence-corrected chi connectivity index (χ3v) is 3.31. The van der Waals surface area contributed by atoms with E-state index in [1.165, 1.54) is 6.07 Å². The van der Waals surface area contributed by atoms with Crippen molar-refractivity contribution in [3.63, 3.8) is 0 Å². The van der Waals surface area contributed by atoms with Gasteiger partial charge in [-0.3, -0.25) is 4.79 Å². The molecule has 1 aliphatic rings. The number of hydrogen-bond donors (Lipinski definition) is 2. The van der Waals surface area contributed by atoms with Gasteiger partial charge in [-0.25, -0.2) is 0 Å². The number of amides is 1. The van der Waals surface area contributed by atoms with Gasteiger partial charge in [0.2, 0.25) is 5.91 Å². The average Bonchev–Trinajstić information content (AvgIpc) is 2.41. The van der Waals surface area contributed by atoms with Crippen molar-refractivity contribution < 1.29 is 18.3 Å². The fourth-order valence-electron chi connectivity index (χ4n) is 2.32. The first-order valence-corrected chi connectivity index (χ1v) is 6.69. The summed E-state index contributed by atoms with van der Waals surface area (Å²) in [6.45, 7) is -1.07. The van der Waals surface area contributed by atoms with Gasteiger partial charge in [0.25, 0.3) is 0 Å². The first-order chi connectivity index (χ1) is 9.65. The molecular weight excluding hydrogens is 266 g/mol. The molecule has 0 aliphatic carbocycles. The van der Waals surface area contributed by atoms with Crippen LogP contribution in [0.1, 0.15) is 19.3 Å². The van der Waals surface area contributed by atoms with Crippen LogP contribution in [0.15, 0.2) is 24.3 Å². The summed E-state index contributed by atoms with van der Waals surface area (Å²) in [7, 11) is 0. The van der Waals surface area contributed by atoms with E-state index in [1.807, 2.05) is 0 Å². The number of carbonyl (C=O) groups excluding carboxylic acids is 1. The Morgan fingerprint density at radius 1 is 1.35 bits per heavy atom. The summed E-state index contributed by atoms with van der Waals surface area (Å²) >= 11 is 0. The van der Waals surface area contributed by atoms with E-state index in [0.717, 1.165) is 25.9 Å². The van der Waals surface area contributed by atoms with Crippen molar-refractivity contribution in [2.75, 3.05) is 18.4 Å². The molecule has 1 amide bonds. The van der Waals surface area contributed by atoms with Gasteiger partial charge in [0, 0.05) is 6.42 Å². The van der Waals surface area contributed by atoms with Gasteiger partial charge in [-0.2, -0.15) is 8.78 Å². The first kappa shape index (κ1) is 14.7. The minimum absolute atomic E-state index is 0.0128. The van der Waals surface area contributed by atoms with Gasteiger partial charge < -0.3 is 15.4 Å². The molecule has 0 bridgehead atoms. The lowest BCUT2D eigenvalue weighted by atomic mass is 9.94. The lowest BCUT2D eigenvalue weighted by Gasteiger charge is -2.22. The summed E-state index contributed by atoms with van der Waals surface area (Å²) in [4.78, 5) is 11.9. The van der Waals surface area contributed by atoms with Crippen molar-refractivity contribution in [3.8, 4) is 5.75 Å². The maximum atomic E-state index is 12.3. The molecule has 4 nitrogen and oxygen atoms in total. The van der Waals surface area contributed by atoms with Crippen molar-refractivity contribution >= 4 is 11.6 Å². The molecule has 1 aliphatic heterocycles. The highest BCUT2D eigenvalue weighted by atomic mass is 19.3. The molecule has 0 aromatic heterocycles. The Kier molecular flexibility index (Phi) is 5.29. The standard InChI is InChI=1S/C14H18F2N2O2/c15-14(16)20-12-4-2-1-3-11(12)18-13(19)9-10-5-7-17-8-6-10/h1-4,10,14,17H,5-9H2,(H,18,19). The number of piperidine rings is 1. The molecule has 0 atom stereocenters. The second kappa shape index (κ2) is 7.19. The van der Waals surface area contributed by atoms with Crippen molar-refractivity contribution in [1.82, 2.24) is 5.32 Å². The van der Waals surface area contributed by atoms with Crippen LogP contribution in [-0.2, 0) is 4.79 Å². The summed E-state index contributed by atoms with van der Waals surface area (Å²) in [6.07, 6.45) is 2.33. The minimum Gasteiger partial charge on any atom is -0.433 e. The molecule has 6 heteroatoms.